The lowest BCUT2D eigenvalue weighted by Gasteiger charge is -2.10. The van der Waals surface area contributed by atoms with Crippen molar-refractivity contribution in [3.63, 3.8) is 0 Å². The largest absolute Gasteiger partial charge is 1.00 e. The molecule has 0 spiro atoms. The van der Waals surface area contributed by atoms with Gasteiger partial charge in [0.15, 0.2) is 0 Å². The van der Waals surface area contributed by atoms with E-state index in [-0.39, 0.29) is 12.4 Å². The molecular formula is C14H9Cl3N3-. The first-order valence-electron chi connectivity index (χ1n) is 5.66. The molecular weight excluding hydrogens is 317 g/mol. The van der Waals surface area contributed by atoms with Gasteiger partial charge in [0.05, 0.1) is 16.2 Å². The summed E-state index contributed by atoms with van der Waals surface area (Å²) < 4.78 is 0. The molecule has 3 aromatic rings. The Morgan fingerprint density at radius 3 is 2.60 bits per heavy atom. The standard InChI is InChI=1S/C14H9Cl2N3.ClH/c15-9-5-6-11(16)13(7-9)19-14-10-3-1-2-4-12(10)17-8-18-14;/h1-8H,(H,17,18,19);1H/p-1. The highest BCUT2D eigenvalue weighted by Gasteiger charge is 2.06. The molecule has 0 aliphatic rings. The third-order valence-corrected chi connectivity index (χ3v) is 3.29. The Bertz CT molecular complexity index is 741. The third-order valence-electron chi connectivity index (χ3n) is 2.72. The van der Waals surface area contributed by atoms with Gasteiger partial charge in [-0.1, -0.05) is 35.3 Å². The lowest BCUT2D eigenvalue weighted by Crippen LogP contribution is -3.00. The molecule has 3 rings (SSSR count). The molecule has 2 aromatic carbocycles. The summed E-state index contributed by atoms with van der Waals surface area (Å²) in [6, 6.07) is 13.0. The number of fused-ring (bicyclic) bond motifs is 1. The Labute approximate surface area is 132 Å². The Morgan fingerprint density at radius 2 is 1.75 bits per heavy atom. The van der Waals surface area contributed by atoms with Crippen molar-refractivity contribution in [3.8, 4) is 0 Å². The zero-order chi connectivity index (χ0) is 13.2. The van der Waals surface area contributed by atoms with Crippen molar-refractivity contribution in [2.24, 2.45) is 0 Å². The van der Waals surface area contributed by atoms with E-state index in [1.54, 1.807) is 18.2 Å². The van der Waals surface area contributed by atoms with Gasteiger partial charge in [-0.2, -0.15) is 0 Å². The van der Waals surface area contributed by atoms with Gasteiger partial charge in [0, 0.05) is 10.4 Å². The molecule has 3 nitrogen and oxygen atoms in total. The van der Waals surface area contributed by atoms with Crippen molar-refractivity contribution < 1.29 is 12.4 Å². The lowest BCUT2D eigenvalue weighted by atomic mass is 10.2. The second-order valence-electron chi connectivity index (χ2n) is 3.99. The molecule has 102 valence electrons. The van der Waals surface area contributed by atoms with Crippen LogP contribution in [0, 0.1) is 0 Å². The van der Waals surface area contributed by atoms with E-state index in [4.69, 9.17) is 23.2 Å². The minimum absolute atomic E-state index is 0. The van der Waals surface area contributed by atoms with Crippen LogP contribution < -0.4 is 17.7 Å². The number of para-hydroxylation sites is 1. The average molecular weight is 326 g/mol. The van der Waals surface area contributed by atoms with Gasteiger partial charge in [0.25, 0.3) is 0 Å². The van der Waals surface area contributed by atoms with Gasteiger partial charge < -0.3 is 17.7 Å². The first-order chi connectivity index (χ1) is 9.24. The predicted octanol–water partition coefficient (Wildman–Crippen LogP) is 1.68. The number of nitrogens with one attached hydrogen (secondary N) is 1. The Hall–Kier alpha value is -1.55. The number of hydrogen-bond acceptors (Lipinski definition) is 3. The van der Waals surface area contributed by atoms with Crippen LogP contribution in [0.1, 0.15) is 0 Å². The number of nitrogens with zero attached hydrogens (tertiary/aromatic N) is 2. The normalized spacial score (nSPS) is 10.1. The summed E-state index contributed by atoms with van der Waals surface area (Å²) in [5.41, 5.74) is 1.59. The second kappa shape index (κ2) is 6.27. The summed E-state index contributed by atoms with van der Waals surface area (Å²) in [4.78, 5) is 8.46. The summed E-state index contributed by atoms with van der Waals surface area (Å²) in [6.45, 7) is 0. The van der Waals surface area contributed by atoms with Gasteiger partial charge in [-0.25, -0.2) is 9.97 Å². The molecule has 0 amide bonds. The number of anilines is 2. The highest BCUT2D eigenvalue weighted by molar-refractivity contribution is 6.35. The van der Waals surface area contributed by atoms with E-state index in [0.29, 0.717) is 15.9 Å². The van der Waals surface area contributed by atoms with Crippen LogP contribution in [-0.2, 0) is 0 Å². The first kappa shape index (κ1) is 14.9. The van der Waals surface area contributed by atoms with Crippen LogP contribution in [-0.4, -0.2) is 9.97 Å². The molecule has 0 atom stereocenters. The van der Waals surface area contributed by atoms with Crippen molar-refractivity contribution in [1.29, 1.82) is 0 Å². The number of rotatable bonds is 2. The summed E-state index contributed by atoms with van der Waals surface area (Å²) in [5.74, 6) is 0.703. The number of benzene rings is 2. The van der Waals surface area contributed by atoms with Gasteiger partial charge in [-0.05, 0) is 30.3 Å². The Kier molecular flexibility index (Phi) is 4.65. The van der Waals surface area contributed by atoms with Crippen molar-refractivity contribution in [2.75, 3.05) is 5.32 Å². The first-order valence-corrected chi connectivity index (χ1v) is 6.41. The van der Waals surface area contributed by atoms with Crippen molar-refractivity contribution in [1.82, 2.24) is 9.97 Å². The zero-order valence-electron chi connectivity index (χ0n) is 10.1. The van der Waals surface area contributed by atoms with Gasteiger partial charge in [0.2, 0.25) is 0 Å². The van der Waals surface area contributed by atoms with Gasteiger partial charge >= 0.3 is 0 Å². The summed E-state index contributed by atoms with van der Waals surface area (Å²) in [7, 11) is 0. The minimum Gasteiger partial charge on any atom is -1.00 e. The van der Waals surface area contributed by atoms with Crippen molar-refractivity contribution in [2.45, 2.75) is 0 Å². The predicted molar refractivity (Wildman–Crippen MR) is 79.3 cm³/mol. The van der Waals surface area contributed by atoms with Crippen LogP contribution in [0.4, 0.5) is 11.5 Å². The molecule has 0 aliphatic heterocycles. The third kappa shape index (κ3) is 2.96. The SMILES string of the molecule is Clc1ccc(Cl)c(Nc2ncnc3ccccc23)c1.[Cl-]. The van der Waals surface area contributed by atoms with Crippen LogP contribution in [0.3, 0.4) is 0 Å². The van der Waals surface area contributed by atoms with Crippen LogP contribution >= 0.6 is 23.2 Å². The maximum Gasteiger partial charge on any atom is 0.141 e. The van der Waals surface area contributed by atoms with Gasteiger partial charge in [0.1, 0.15) is 12.1 Å². The van der Waals surface area contributed by atoms with E-state index in [9.17, 15) is 0 Å². The van der Waals surface area contributed by atoms with Gasteiger partial charge in [-0.3, -0.25) is 0 Å². The Morgan fingerprint density at radius 1 is 0.950 bits per heavy atom. The molecule has 1 N–H and O–H groups in total. The van der Waals surface area contributed by atoms with Crippen molar-refractivity contribution >= 4 is 45.6 Å². The molecule has 0 saturated carbocycles. The fourth-order valence-corrected chi connectivity index (χ4v) is 2.16. The lowest BCUT2D eigenvalue weighted by molar-refractivity contribution is -0.00000365. The van der Waals surface area contributed by atoms with Crippen LogP contribution in [0.25, 0.3) is 10.9 Å². The minimum atomic E-state index is 0. The molecule has 0 aliphatic carbocycles. The van der Waals surface area contributed by atoms with Gasteiger partial charge in [-0.15, -0.1) is 0 Å². The highest BCUT2D eigenvalue weighted by atomic mass is 35.5. The quantitative estimate of drug-likeness (QED) is 0.779. The van der Waals surface area contributed by atoms with Crippen LogP contribution in [0.5, 0.6) is 0 Å². The maximum atomic E-state index is 6.13. The highest BCUT2D eigenvalue weighted by Crippen LogP contribution is 2.29. The molecule has 6 heteroatoms. The fraction of sp³-hybridized carbons (Fsp3) is 0. The van der Waals surface area contributed by atoms with E-state index in [2.05, 4.69) is 15.3 Å². The number of halogens is 3. The number of hydrogen-bond donors (Lipinski definition) is 1. The molecule has 20 heavy (non-hydrogen) atoms. The van der Waals surface area contributed by atoms with E-state index in [0.717, 1.165) is 16.6 Å². The summed E-state index contributed by atoms with van der Waals surface area (Å²) in [5, 5.41) is 5.33. The fourth-order valence-electron chi connectivity index (χ4n) is 1.83. The zero-order valence-corrected chi connectivity index (χ0v) is 12.4. The molecule has 0 radical (unpaired) electrons. The maximum absolute atomic E-state index is 6.13. The van der Waals surface area contributed by atoms with E-state index < -0.39 is 0 Å². The Balaban J connectivity index is 0.00000147. The monoisotopic (exact) mass is 324 g/mol. The smallest absolute Gasteiger partial charge is 0.141 e. The molecule has 0 fully saturated rings. The molecule has 0 unspecified atom stereocenters. The van der Waals surface area contributed by atoms with Crippen molar-refractivity contribution in [3.05, 3.63) is 58.8 Å². The summed E-state index contributed by atoms with van der Waals surface area (Å²) in [6.07, 6.45) is 1.52. The molecule has 1 heterocycles. The number of aromatic nitrogens is 2. The average Bonchev–Trinajstić information content (AvgIpc) is 2.43. The van der Waals surface area contributed by atoms with E-state index in [1.165, 1.54) is 6.33 Å². The van der Waals surface area contributed by atoms with Crippen LogP contribution in [0.15, 0.2) is 48.8 Å². The molecule has 0 saturated heterocycles. The molecule has 0 bridgehead atoms. The summed E-state index contributed by atoms with van der Waals surface area (Å²) >= 11 is 12.1. The second-order valence-corrected chi connectivity index (χ2v) is 4.83. The molecule has 1 aromatic heterocycles. The van der Waals surface area contributed by atoms with E-state index >= 15 is 0 Å². The topological polar surface area (TPSA) is 37.8 Å². The van der Waals surface area contributed by atoms with Crippen LogP contribution in [0.2, 0.25) is 10.0 Å². The van der Waals surface area contributed by atoms with E-state index in [1.807, 2.05) is 24.3 Å².